The topological polar surface area (TPSA) is 52.1 Å². The zero-order chi connectivity index (χ0) is 7.11. The summed E-state index contributed by atoms with van der Waals surface area (Å²) in [5.41, 5.74) is 0. The molecule has 0 aliphatic heterocycles. The lowest BCUT2D eigenvalue weighted by atomic mass is 10.1. The zero-order valence-corrected chi connectivity index (χ0v) is 7.10. The van der Waals surface area contributed by atoms with Crippen LogP contribution in [0.3, 0.4) is 0 Å². The van der Waals surface area contributed by atoms with Gasteiger partial charge < -0.3 is 10.9 Å². The van der Waals surface area contributed by atoms with Gasteiger partial charge in [0.25, 0.3) is 0 Å². The van der Waals surface area contributed by atoms with Gasteiger partial charge in [-0.1, -0.05) is 26.7 Å². The van der Waals surface area contributed by atoms with E-state index < -0.39 is 0 Å². The van der Waals surface area contributed by atoms with Crippen molar-refractivity contribution in [3.63, 3.8) is 0 Å². The standard InChI is InChI=1S/C8H16O.H3N/c1-8(2)6-4-3-5-7-9;/h7-8H,3-6H2,1-2H3;1H3. The Balaban J connectivity index is 0. The largest absolute Gasteiger partial charge is 0.344 e. The van der Waals surface area contributed by atoms with Crippen LogP contribution in [0.2, 0.25) is 0 Å². The van der Waals surface area contributed by atoms with E-state index in [1.54, 1.807) is 0 Å². The first-order chi connectivity index (χ1) is 4.27. The minimum atomic E-state index is 0. The molecule has 0 aromatic heterocycles. The van der Waals surface area contributed by atoms with Gasteiger partial charge in [0.05, 0.1) is 0 Å². The molecule has 0 amide bonds. The Labute approximate surface area is 63.6 Å². The molecule has 0 heterocycles. The molecule has 0 aliphatic carbocycles. The molecule has 10 heavy (non-hydrogen) atoms. The predicted octanol–water partition coefficient (Wildman–Crippen LogP) is 2.56. The lowest BCUT2D eigenvalue weighted by Crippen LogP contribution is -1.86. The highest BCUT2D eigenvalue weighted by molar-refractivity contribution is 5.48. The summed E-state index contributed by atoms with van der Waals surface area (Å²) in [6, 6.07) is 0. The number of unbranched alkanes of at least 4 members (excludes halogenated alkanes) is 2. The van der Waals surface area contributed by atoms with Gasteiger partial charge in [0.2, 0.25) is 0 Å². The van der Waals surface area contributed by atoms with Gasteiger partial charge in [-0.2, -0.15) is 0 Å². The Morgan fingerprint density at radius 3 is 2.30 bits per heavy atom. The van der Waals surface area contributed by atoms with Gasteiger partial charge in [0.1, 0.15) is 6.29 Å². The van der Waals surface area contributed by atoms with E-state index in [1.165, 1.54) is 12.8 Å². The van der Waals surface area contributed by atoms with E-state index in [0.717, 1.165) is 25.0 Å². The number of rotatable bonds is 5. The third-order valence-electron chi connectivity index (χ3n) is 1.35. The summed E-state index contributed by atoms with van der Waals surface area (Å²) < 4.78 is 0. The van der Waals surface area contributed by atoms with Gasteiger partial charge in [0, 0.05) is 6.42 Å². The lowest BCUT2D eigenvalue weighted by Gasteiger charge is -2.00. The monoisotopic (exact) mass is 145 g/mol. The van der Waals surface area contributed by atoms with Crippen molar-refractivity contribution in [1.82, 2.24) is 6.15 Å². The second kappa shape index (κ2) is 8.63. The Bertz CT molecular complexity index is 71.7. The molecule has 0 spiro atoms. The maximum Gasteiger partial charge on any atom is 0.119 e. The van der Waals surface area contributed by atoms with E-state index in [0.29, 0.717) is 0 Å². The van der Waals surface area contributed by atoms with Crippen LogP contribution in [-0.4, -0.2) is 6.29 Å². The quantitative estimate of drug-likeness (QED) is 0.477. The summed E-state index contributed by atoms with van der Waals surface area (Å²) in [7, 11) is 0. The summed E-state index contributed by atoms with van der Waals surface area (Å²) in [6.07, 6.45) is 5.28. The van der Waals surface area contributed by atoms with Crippen LogP contribution in [0.1, 0.15) is 39.5 Å². The highest BCUT2D eigenvalue weighted by Gasteiger charge is 1.92. The maximum absolute atomic E-state index is 9.85. The molecule has 0 unspecified atom stereocenters. The molecule has 0 aromatic rings. The molecular formula is C8H19NO. The number of hydrogen-bond donors (Lipinski definition) is 1. The Kier molecular flexibility index (Phi) is 10.6. The first-order valence-electron chi connectivity index (χ1n) is 3.71. The van der Waals surface area contributed by atoms with Gasteiger partial charge in [-0.3, -0.25) is 0 Å². The van der Waals surface area contributed by atoms with Crippen LogP contribution in [0, 0.1) is 5.92 Å². The molecule has 2 nitrogen and oxygen atoms in total. The van der Waals surface area contributed by atoms with Crippen molar-refractivity contribution in [3.05, 3.63) is 0 Å². The van der Waals surface area contributed by atoms with Crippen LogP contribution in [-0.2, 0) is 4.79 Å². The highest BCUT2D eigenvalue weighted by Crippen LogP contribution is 2.06. The smallest absolute Gasteiger partial charge is 0.119 e. The summed E-state index contributed by atoms with van der Waals surface area (Å²) in [5.74, 6) is 0.789. The molecule has 0 aromatic carbocycles. The fourth-order valence-corrected chi connectivity index (χ4v) is 0.780. The molecule has 62 valence electrons. The van der Waals surface area contributed by atoms with E-state index in [-0.39, 0.29) is 6.15 Å². The van der Waals surface area contributed by atoms with E-state index in [2.05, 4.69) is 13.8 Å². The van der Waals surface area contributed by atoms with Gasteiger partial charge in [-0.25, -0.2) is 0 Å². The van der Waals surface area contributed by atoms with Crippen LogP contribution in [0.25, 0.3) is 0 Å². The molecule has 0 radical (unpaired) electrons. The van der Waals surface area contributed by atoms with Crippen molar-refractivity contribution >= 4 is 6.29 Å². The molecule has 0 atom stereocenters. The summed E-state index contributed by atoms with van der Waals surface area (Å²) in [4.78, 5) is 9.85. The Morgan fingerprint density at radius 1 is 1.30 bits per heavy atom. The average Bonchev–Trinajstić information content (AvgIpc) is 1.80. The highest BCUT2D eigenvalue weighted by atomic mass is 16.1. The van der Waals surface area contributed by atoms with E-state index >= 15 is 0 Å². The summed E-state index contributed by atoms with van der Waals surface area (Å²) in [6.45, 7) is 4.42. The summed E-state index contributed by atoms with van der Waals surface area (Å²) >= 11 is 0. The molecule has 0 saturated carbocycles. The Hall–Kier alpha value is -0.370. The molecule has 2 heteroatoms. The van der Waals surface area contributed by atoms with Gasteiger partial charge >= 0.3 is 0 Å². The number of carbonyl (C=O) groups excluding carboxylic acids is 1. The second-order valence-electron chi connectivity index (χ2n) is 2.84. The van der Waals surface area contributed by atoms with Crippen molar-refractivity contribution in [2.24, 2.45) is 5.92 Å². The summed E-state index contributed by atoms with van der Waals surface area (Å²) in [5, 5.41) is 0. The minimum Gasteiger partial charge on any atom is -0.344 e. The minimum absolute atomic E-state index is 0. The molecular weight excluding hydrogens is 126 g/mol. The second-order valence-corrected chi connectivity index (χ2v) is 2.84. The fourth-order valence-electron chi connectivity index (χ4n) is 0.780. The number of aldehydes is 1. The molecule has 0 saturated heterocycles. The first-order valence-corrected chi connectivity index (χ1v) is 3.71. The lowest BCUT2D eigenvalue weighted by molar-refractivity contribution is -0.107. The molecule has 0 aliphatic rings. The number of hydrogen-bond acceptors (Lipinski definition) is 2. The molecule has 3 N–H and O–H groups in total. The zero-order valence-electron chi connectivity index (χ0n) is 7.10. The van der Waals surface area contributed by atoms with E-state index in [9.17, 15) is 4.79 Å². The third kappa shape index (κ3) is 10.6. The fraction of sp³-hybridized carbons (Fsp3) is 0.875. The maximum atomic E-state index is 9.85. The van der Waals surface area contributed by atoms with Crippen molar-refractivity contribution in [2.75, 3.05) is 0 Å². The van der Waals surface area contributed by atoms with Crippen molar-refractivity contribution in [1.29, 1.82) is 0 Å². The van der Waals surface area contributed by atoms with Crippen LogP contribution < -0.4 is 6.15 Å². The van der Waals surface area contributed by atoms with E-state index in [4.69, 9.17) is 0 Å². The van der Waals surface area contributed by atoms with Gasteiger partial charge in [0.15, 0.2) is 0 Å². The van der Waals surface area contributed by atoms with E-state index in [1.807, 2.05) is 0 Å². The van der Waals surface area contributed by atoms with Crippen LogP contribution in [0.15, 0.2) is 0 Å². The van der Waals surface area contributed by atoms with Crippen LogP contribution in [0.5, 0.6) is 0 Å². The van der Waals surface area contributed by atoms with Crippen molar-refractivity contribution in [3.8, 4) is 0 Å². The SMILES string of the molecule is CC(C)CCCCC=O.N. The molecule has 0 fully saturated rings. The van der Waals surface area contributed by atoms with Crippen molar-refractivity contribution in [2.45, 2.75) is 39.5 Å². The van der Waals surface area contributed by atoms with Crippen LogP contribution >= 0.6 is 0 Å². The Morgan fingerprint density at radius 2 is 1.90 bits per heavy atom. The molecule has 0 bridgehead atoms. The third-order valence-corrected chi connectivity index (χ3v) is 1.35. The van der Waals surface area contributed by atoms with Crippen LogP contribution in [0.4, 0.5) is 0 Å². The average molecular weight is 145 g/mol. The number of carbonyl (C=O) groups is 1. The van der Waals surface area contributed by atoms with Gasteiger partial charge in [-0.05, 0) is 12.3 Å². The van der Waals surface area contributed by atoms with Gasteiger partial charge in [-0.15, -0.1) is 0 Å². The normalized spacial score (nSPS) is 9.10. The molecule has 0 rings (SSSR count). The first kappa shape index (κ1) is 12.3. The predicted molar refractivity (Wildman–Crippen MR) is 44.4 cm³/mol. The van der Waals surface area contributed by atoms with Crippen molar-refractivity contribution < 1.29 is 4.79 Å².